The number of amides is 1. The molecule has 2 aromatic rings. The van der Waals surface area contributed by atoms with E-state index in [1.807, 2.05) is 29.2 Å². The molecule has 120 valence electrons. The molecule has 0 N–H and O–H groups in total. The number of benzene rings is 1. The molecule has 23 heavy (non-hydrogen) atoms. The molecule has 1 atom stereocenters. The third kappa shape index (κ3) is 4.15. The second kappa shape index (κ2) is 7.36. The molecule has 0 radical (unpaired) electrons. The average Bonchev–Trinajstić information content (AvgIpc) is 2.61. The number of hydrogen-bond acceptors (Lipinski definition) is 2. The van der Waals surface area contributed by atoms with Crippen molar-refractivity contribution in [2.75, 3.05) is 13.1 Å². The fourth-order valence-corrected chi connectivity index (χ4v) is 3.16. The zero-order chi connectivity index (χ0) is 16.1. The van der Waals surface area contributed by atoms with E-state index in [1.165, 1.54) is 12.1 Å². The summed E-state index contributed by atoms with van der Waals surface area (Å²) in [4.78, 5) is 18.6. The first-order valence-corrected chi connectivity index (χ1v) is 8.17. The monoisotopic (exact) mass is 312 g/mol. The number of pyridine rings is 1. The van der Waals surface area contributed by atoms with Gasteiger partial charge in [-0.1, -0.05) is 18.2 Å². The lowest BCUT2D eigenvalue weighted by Gasteiger charge is -2.32. The number of rotatable bonds is 4. The van der Waals surface area contributed by atoms with Crippen molar-refractivity contribution in [2.45, 2.75) is 25.7 Å². The van der Waals surface area contributed by atoms with Crippen LogP contribution in [0.3, 0.4) is 0 Å². The molecule has 1 amide bonds. The molecule has 2 heterocycles. The van der Waals surface area contributed by atoms with Gasteiger partial charge in [-0.3, -0.25) is 9.78 Å². The van der Waals surface area contributed by atoms with Crippen LogP contribution < -0.4 is 0 Å². The Kier molecular flexibility index (Phi) is 5.01. The minimum absolute atomic E-state index is 0.0251. The number of carbonyl (C=O) groups excluding carboxylic acids is 1. The zero-order valence-electron chi connectivity index (χ0n) is 13.1. The van der Waals surface area contributed by atoms with E-state index < -0.39 is 0 Å². The lowest BCUT2D eigenvalue weighted by molar-refractivity contribution is 0.0662. The number of piperidine rings is 1. The van der Waals surface area contributed by atoms with E-state index in [2.05, 4.69) is 4.98 Å². The van der Waals surface area contributed by atoms with Crippen LogP contribution in [0.25, 0.3) is 0 Å². The highest BCUT2D eigenvalue weighted by atomic mass is 19.1. The summed E-state index contributed by atoms with van der Waals surface area (Å²) in [6.45, 7) is 1.60. The first-order chi connectivity index (χ1) is 11.2. The van der Waals surface area contributed by atoms with Gasteiger partial charge in [0.2, 0.25) is 0 Å². The number of aromatic nitrogens is 1. The predicted molar refractivity (Wildman–Crippen MR) is 87.6 cm³/mol. The van der Waals surface area contributed by atoms with Gasteiger partial charge < -0.3 is 4.90 Å². The molecule has 1 aliphatic rings. The highest BCUT2D eigenvalue weighted by Crippen LogP contribution is 2.22. The normalized spacial score (nSPS) is 18.0. The molecular formula is C19H21FN2O. The summed E-state index contributed by atoms with van der Waals surface area (Å²) in [6, 6.07) is 12.1. The molecule has 0 saturated carbocycles. The van der Waals surface area contributed by atoms with Crippen molar-refractivity contribution in [2.24, 2.45) is 5.92 Å². The predicted octanol–water partition coefficient (Wildman–Crippen LogP) is 3.71. The highest BCUT2D eigenvalue weighted by Gasteiger charge is 2.24. The maximum Gasteiger partial charge on any atom is 0.272 e. The van der Waals surface area contributed by atoms with Crippen LogP contribution in [-0.2, 0) is 6.42 Å². The summed E-state index contributed by atoms with van der Waals surface area (Å²) in [5, 5.41) is 0. The molecule has 3 rings (SSSR count). The Morgan fingerprint density at radius 1 is 1.22 bits per heavy atom. The van der Waals surface area contributed by atoms with Crippen molar-refractivity contribution in [1.82, 2.24) is 9.88 Å². The van der Waals surface area contributed by atoms with Crippen LogP contribution >= 0.6 is 0 Å². The average molecular weight is 312 g/mol. The van der Waals surface area contributed by atoms with Crippen molar-refractivity contribution in [1.29, 1.82) is 0 Å². The van der Waals surface area contributed by atoms with E-state index in [-0.39, 0.29) is 11.7 Å². The van der Waals surface area contributed by atoms with Gasteiger partial charge in [0, 0.05) is 19.3 Å². The lowest BCUT2D eigenvalue weighted by Crippen LogP contribution is -2.40. The lowest BCUT2D eigenvalue weighted by atomic mass is 9.91. The summed E-state index contributed by atoms with van der Waals surface area (Å²) in [5.74, 6) is 0.331. The Morgan fingerprint density at radius 3 is 2.78 bits per heavy atom. The Bertz CT molecular complexity index is 642. The maximum atomic E-state index is 12.9. The van der Waals surface area contributed by atoms with Crippen LogP contribution in [0.15, 0.2) is 48.7 Å². The topological polar surface area (TPSA) is 33.2 Å². The fraction of sp³-hybridized carbons (Fsp3) is 0.368. The molecular weight excluding hydrogens is 291 g/mol. The number of hydrogen-bond donors (Lipinski definition) is 0. The van der Waals surface area contributed by atoms with Gasteiger partial charge in [0.25, 0.3) is 5.91 Å². The number of carbonyl (C=O) groups is 1. The molecule has 0 spiro atoms. The van der Waals surface area contributed by atoms with Crippen molar-refractivity contribution in [3.05, 3.63) is 65.7 Å². The van der Waals surface area contributed by atoms with Gasteiger partial charge in [-0.05, 0) is 61.4 Å². The third-order valence-corrected chi connectivity index (χ3v) is 4.44. The van der Waals surface area contributed by atoms with Crippen molar-refractivity contribution < 1.29 is 9.18 Å². The van der Waals surface area contributed by atoms with Gasteiger partial charge in [-0.25, -0.2) is 4.39 Å². The Labute approximate surface area is 136 Å². The molecule has 1 fully saturated rings. The molecule has 1 saturated heterocycles. The van der Waals surface area contributed by atoms with E-state index in [4.69, 9.17) is 0 Å². The second-order valence-corrected chi connectivity index (χ2v) is 6.14. The summed E-state index contributed by atoms with van der Waals surface area (Å²) in [6.07, 6.45) is 5.79. The van der Waals surface area contributed by atoms with Gasteiger partial charge in [0.15, 0.2) is 0 Å². The number of halogens is 1. The van der Waals surface area contributed by atoms with Crippen LogP contribution in [0, 0.1) is 11.7 Å². The van der Waals surface area contributed by atoms with Gasteiger partial charge in [-0.15, -0.1) is 0 Å². The smallest absolute Gasteiger partial charge is 0.272 e. The molecule has 0 unspecified atom stereocenters. The maximum absolute atomic E-state index is 12.9. The van der Waals surface area contributed by atoms with Crippen LogP contribution in [-0.4, -0.2) is 28.9 Å². The number of likely N-dealkylation sites (tertiary alicyclic amines) is 1. The largest absolute Gasteiger partial charge is 0.337 e. The van der Waals surface area contributed by atoms with E-state index in [0.717, 1.165) is 44.3 Å². The zero-order valence-corrected chi connectivity index (χ0v) is 13.1. The first-order valence-electron chi connectivity index (χ1n) is 8.17. The minimum atomic E-state index is -0.196. The molecule has 0 bridgehead atoms. The van der Waals surface area contributed by atoms with E-state index in [0.29, 0.717) is 11.6 Å². The van der Waals surface area contributed by atoms with Gasteiger partial charge in [0.1, 0.15) is 11.5 Å². The Morgan fingerprint density at radius 2 is 2.04 bits per heavy atom. The molecule has 1 aromatic carbocycles. The van der Waals surface area contributed by atoms with Gasteiger partial charge in [-0.2, -0.15) is 0 Å². The minimum Gasteiger partial charge on any atom is -0.337 e. The van der Waals surface area contributed by atoms with Crippen LogP contribution in [0.1, 0.15) is 35.3 Å². The standard InChI is InChI=1S/C19H21FN2O/c20-17-10-8-15(9-11-17)6-7-16-4-3-13-22(14-16)19(23)18-5-1-2-12-21-18/h1-2,5,8-12,16H,3-4,6-7,13-14H2/t16-/m0/s1. The summed E-state index contributed by atoms with van der Waals surface area (Å²) in [7, 11) is 0. The first kappa shape index (κ1) is 15.7. The van der Waals surface area contributed by atoms with Crippen LogP contribution in [0.4, 0.5) is 4.39 Å². The summed E-state index contributed by atoms with van der Waals surface area (Å²) in [5.41, 5.74) is 1.67. The van der Waals surface area contributed by atoms with E-state index in [1.54, 1.807) is 12.3 Å². The molecule has 3 nitrogen and oxygen atoms in total. The molecule has 1 aliphatic heterocycles. The SMILES string of the molecule is O=C(c1ccccn1)N1CCC[C@@H](CCc2ccc(F)cc2)C1. The quantitative estimate of drug-likeness (QED) is 0.862. The van der Waals surface area contributed by atoms with E-state index in [9.17, 15) is 9.18 Å². The summed E-state index contributed by atoms with van der Waals surface area (Å²) >= 11 is 0. The van der Waals surface area contributed by atoms with Crippen molar-refractivity contribution >= 4 is 5.91 Å². The summed E-state index contributed by atoms with van der Waals surface area (Å²) < 4.78 is 12.9. The Balaban J connectivity index is 1.56. The van der Waals surface area contributed by atoms with Crippen molar-refractivity contribution in [3.63, 3.8) is 0 Å². The van der Waals surface area contributed by atoms with Gasteiger partial charge in [0.05, 0.1) is 0 Å². The Hall–Kier alpha value is -2.23. The molecule has 4 heteroatoms. The third-order valence-electron chi connectivity index (χ3n) is 4.44. The highest BCUT2D eigenvalue weighted by molar-refractivity contribution is 5.92. The molecule has 0 aliphatic carbocycles. The second-order valence-electron chi connectivity index (χ2n) is 6.14. The molecule has 1 aromatic heterocycles. The van der Waals surface area contributed by atoms with Crippen molar-refractivity contribution in [3.8, 4) is 0 Å². The van der Waals surface area contributed by atoms with E-state index >= 15 is 0 Å². The number of aryl methyl sites for hydroxylation is 1. The van der Waals surface area contributed by atoms with Crippen LogP contribution in [0.2, 0.25) is 0 Å². The fourth-order valence-electron chi connectivity index (χ4n) is 3.16. The van der Waals surface area contributed by atoms with Crippen LogP contribution in [0.5, 0.6) is 0 Å². The van der Waals surface area contributed by atoms with Gasteiger partial charge >= 0.3 is 0 Å². The number of nitrogens with zero attached hydrogens (tertiary/aromatic N) is 2.